The summed E-state index contributed by atoms with van der Waals surface area (Å²) in [6, 6.07) is 0. The van der Waals surface area contributed by atoms with Crippen molar-refractivity contribution in [2.45, 2.75) is 19.8 Å². The van der Waals surface area contributed by atoms with Crippen LogP contribution in [-0.4, -0.2) is 11.1 Å². The van der Waals surface area contributed by atoms with Crippen molar-refractivity contribution in [3.8, 4) is 0 Å². The van der Waals surface area contributed by atoms with Crippen molar-refractivity contribution in [3.63, 3.8) is 0 Å². The molecule has 0 aromatic rings. The van der Waals surface area contributed by atoms with Crippen LogP contribution in [0, 0.1) is 0 Å². The molecule has 0 rings (SSSR count). The van der Waals surface area contributed by atoms with E-state index in [0.717, 1.165) is 6.16 Å². The van der Waals surface area contributed by atoms with E-state index in [2.05, 4.69) is 6.92 Å². The molecule has 1 atom stereocenters. The number of rotatable bonds is 3. The molecule has 3 heteroatoms. The Morgan fingerprint density at radius 1 is 1.57 bits per heavy atom. The van der Waals surface area contributed by atoms with Crippen LogP contribution in [-0.2, 0) is 0 Å². The lowest BCUT2D eigenvalue weighted by atomic mass is 10.4. The number of hydrogen-bond donors (Lipinski definition) is 1. The molecule has 0 fully saturated rings. The number of hydrogen-bond acceptors (Lipinski definition) is 1. The van der Waals surface area contributed by atoms with Crippen LogP contribution in [0.25, 0.3) is 0 Å². The zero-order valence-electron chi connectivity index (χ0n) is 4.48. The smallest absolute Gasteiger partial charge is 0.0107 e. The Kier molecular flexibility index (Phi) is 14.9. The quantitative estimate of drug-likeness (QED) is 0.471. The molecular weight excluding hydrogens is 130 g/mol. The van der Waals surface area contributed by atoms with Gasteiger partial charge in [-0.25, -0.2) is 0 Å². The van der Waals surface area contributed by atoms with Crippen molar-refractivity contribution in [3.05, 3.63) is 0 Å². The van der Waals surface area contributed by atoms with Gasteiger partial charge in [0.05, 0.1) is 0 Å². The third-order valence-corrected chi connectivity index (χ3v) is 1.22. The highest BCUT2D eigenvalue weighted by Gasteiger charge is 1.76. The van der Waals surface area contributed by atoms with E-state index in [9.17, 15) is 0 Å². The maximum absolute atomic E-state index is 8.23. The molecule has 0 saturated heterocycles. The van der Waals surface area contributed by atoms with E-state index in [1.807, 2.05) is 0 Å². The Labute approximate surface area is 52.8 Å². The summed E-state index contributed by atoms with van der Waals surface area (Å²) >= 11 is 0. The first-order chi connectivity index (χ1) is 2.91. The highest BCUT2D eigenvalue weighted by atomic mass is 35.5. The van der Waals surface area contributed by atoms with Gasteiger partial charge < -0.3 is 4.89 Å². The molecule has 46 valence electrons. The van der Waals surface area contributed by atoms with Crippen molar-refractivity contribution in [1.82, 2.24) is 0 Å². The van der Waals surface area contributed by atoms with Gasteiger partial charge in [-0.15, -0.1) is 12.4 Å². The van der Waals surface area contributed by atoms with E-state index in [-0.39, 0.29) is 21.2 Å². The first-order valence-corrected chi connectivity index (χ1v) is 3.44. The molecule has 0 aromatic heterocycles. The van der Waals surface area contributed by atoms with Gasteiger partial charge in [0.2, 0.25) is 0 Å². The zero-order valence-corrected chi connectivity index (χ0v) is 6.29. The van der Waals surface area contributed by atoms with Crippen molar-refractivity contribution in [1.29, 1.82) is 0 Å². The lowest BCUT2D eigenvalue weighted by Crippen LogP contribution is -1.69. The van der Waals surface area contributed by atoms with Crippen LogP contribution in [0.15, 0.2) is 0 Å². The monoisotopic (exact) mass is 142 g/mol. The Balaban J connectivity index is 0. The van der Waals surface area contributed by atoms with Crippen LogP contribution in [0.5, 0.6) is 0 Å². The molecule has 0 saturated carbocycles. The third-order valence-electron chi connectivity index (χ3n) is 0.642. The molecule has 0 spiro atoms. The van der Waals surface area contributed by atoms with Gasteiger partial charge in [-0.05, 0) is 12.6 Å². The van der Waals surface area contributed by atoms with Gasteiger partial charge in [0.25, 0.3) is 0 Å². The lowest BCUT2D eigenvalue weighted by Gasteiger charge is -1.85. The van der Waals surface area contributed by atoms with E-state index in [0.29, 0.717) is 0 Å². The first kappa shape index (κ1) is 10.6. The number of halogens is 1. The Morgan fingerprint density at radius 3 is 2.29 bits per heavy atom. The van der Waals surface area contributed by atoms with Crippen LogP contribution >= 0.6 is 21.2 Å². The van der Waals surface area contributed by atoms with Crippen LogP contribution in [0.4, 0.5) is 0 Å². The average molecular weight is 143 g/mol. The molecule has 0 heterocycles. The molecular formula is C4H12ClOP. The Morgan fingerprint density at radius 2 is 2.14 bits per heavy atom. The molecule has 1 unspecified atom stereocenters. The van der Waals surface area contributed by atoms with Gasteiger partial charge in [0.1, 0.15) is 0 Å². The summed E-state index contributed by atoms with van der Waals surface area (Å²) in [6.07, 6.45) is 3.37. The maximum atomic E-state index is 8.23. The van der Waals surface area contributed by atoms with Crippen LogP contribution in [0.3, 0.4) is 0 Å². The minimum absolute atomic E-state index is 0. The minimum atomic E-state index is 0. The Hall–Kier alpha value is 0.680. The molecule has 0 amide bonds. The van der Waals surface area contributed by atoms with E-state index < -0.39 is 0 Å². The first-order valence-electron chi connectivity index (χ1n) is 2.28. The second kappa shape index (κ2) is 9.84. The minimum Gasteiger partial charge on any atom is -0.377 e. The molecule has 7 heavy (non-hydrogen) atoms. The summed E-state index contributed by atoms with van der Waals surface area (Å²) < 4.78 is 0. The fourth-order valence-electron chi connectivity index (χ4n) is 0.256. The van der Waals surface area contributed by atoms with Crippen LogP contribution in [0.2, 0.25) is 0 Å². The van der Waals surface area contributed by atoms with Crippen molar-refractivity contribution in [2.75, 3.05) is 6.16 Å². The normalized spacial score (nSPS) is 9.43. The molecule has 0 aromatic carbocycles. The van der Waals surface area contributed by atoms with E-state index in [1.54, 1.807) is 0 Å². The maximum Gasteiger partial charge on any atom is 0.0107 e. The van der Waals surface area contributed by atoms with Crippen molar-refractivity contribution in [2.24, 2.45) is 0 Å². The topological polar surface area (TPSA) is 20.2 Å². The summed E-state index contributed by atoms with van der Waals surface area (Å²) in [7, 11) is 0.165. The van der Waals surface area contributed by atoms with E-state index in [1.165, 1.54) is 12.8 Å². The van der Waals surface area contributed by atoms with Crippen LogP contribution < -0.4 is 0 Å². The molecule has 1 nitrogen and oxygen atoms in total. The van der Waals surface area contributed by atoms with E-state index in [4.69, 9.17) is 4.89 Å². The largest absolute Gasteiger partial charge is 0.377 e. The predicted octanol–water partition coefficient (Wildman–Crippen LogP) is 1.79. The van der Waals surface area contributed by atoms with Gasteiger partial charge in [0.15, 0.2) is 0 Å². The summed E-state index contributed by atoms with van der Waals surface area (Å²) in [6.45, 7) is 2.13. The number of unbranched alkanes of at least 4 members (excludes halogenated alkanes) is 1. The Bertz CT molecular complexity index is 23.7. The van der Waals surface area contributed by atoms with Crippen molar-refractivity contribution < 1.29 is 4.89 Å². The van der Waals surface area contributed by atoms with Gasteiger partial charge in [-0.1, -0.05) is 13.3 Å². The molecule has 1 N–H and O–H groups in total. The van der Waals surface area contributed by atoms with Gasteiger partial charge in [-0.3, -0.25) is 0 Å². The summed E-state index contributed by atoms with van der Waals surface area (Å²) in [5, 5.41) is 0. The molecule has 0 aliphatic carbocycles. The molecule has 0 aliphatic rings. The molecule has 0 radical (unpaired) electrons. The third kappa shape index (κ3) is 10.8. The second-order valence-electron chi connectivity index (χ2n) is 1.26. The molecule has 0 bridgehead atoms. The summed E-state index contributed by atoms with van der Waals surface area (Å²) in [5.41, 5.74) is 0. The average Bonchev–Trinajstić information content (AvgIpc) is 1.61. The van der Waals surface area contributed by atoms with E-state index >= 15 is 0 Å². The van der Waals surface area contributed by atoms with Crippen LogP contribution in [0.1, 0.15) is 19.8 Å². The highest BCUT2D eigenvalue weighted by molar-refractivity contribution is 7.31. The van der Waals surface area contributed by atoms with Gasteiger partial charge in [-0.2, -0.15) is 0 Å². The SMILES string of the molecule is CCCCPO.Cl. The molecule has 0 aliphatic heterocycles. The zero-order chi connectivity index (χ0) is 4.83. The highest BCUT2D eigenvalue weighted by Crippen LogP contribution is 2.03. The van der Waals surface area contributed by atoms with Gasteiger partial charge in [0, 0.05) is 8.81 Å². The van der Waals surface area contributed by atoms with Gasteiger partial charge >= 0.3 is 0 Å². The summed E-state index contributed by atoms with van der Waals surface area (Å²) in [5.74, 6) is 0. The fraction of sp³-hybridized carbons (Fsp3) is 1.00. The van der Waals surface area contributed by atoms with Crippen molar-refractivity contribution >= 4 is 21.2 Å². The summed E-state index contributed by atoms with van der Waals surface area (Å²) in [4.78, 5) is 8.23. The standard InChI is InChI=1S/C4H11OP.ClH/c1-2-3-4-6-5;/h5-6H,2-4H2,1H3;1H. The second-order valence-corrected chi connectivity index (χ2v) is 2.08. The predicted molar refractivity (Wildman–Crippen MR) is 37.6 cm³/mol. The fourth-order valence-corrected chi connectivity index (χ4v) is 0.768. The lowest BCUT2D eigenvalue weighted by molar-refractivity contribution is 0.641.